The lowest BCUT2D eigenvalue weighted by Crippen LogP contribution is -2.22. The molecule has 4 rings (SSSR count). The number of rotatable bonds is 3. The molecule has 2 heterocycles. The van der Waals surface area contributed by atoms with Gasteiger partial charge in [0.05, 0.1) is 17.2 Å². The molecule has 0 aliphatic carbocycles. The number of aromatic nitrogens is 1. The van der Waals surface area contributed by atoms with Gasteiger partial charge < -0.3 is 9.67 Å². The van der Waals surface area contributed by atoms with Crippen molar-refractivity contribution in [2.75, 3.05) is 11.5 Å². The topological polar surface area (TPSA) is 49.9 Å². The van der Waals surface area contributed by atoms with Gasteiger partial charge >= 0.3 is 0 Å². The smallest absolute Gasteiger partial charge is 0.221 e. The van der Waals surface area contributed by atoms with Crippen molar-refractivity contribution in [3.63, 3.8) is 0 Å². The van der Waals surface area contributed by atoms with E-state index in [9.17, 15) is 5.11 Å². The summed E-state index contributed by atoms with van der Waals surface area (Å²) in [5.41, 5.74) is 4.24. The largest absolute Gasteiger partial charge is 0.493 e. The molecule has 1 aliphatic heterocycles. The highest BCUT2D eigenvalue weighted by Crippen LogP contribution is 2.45. The molecule has 1 aliphatic rings. The Bertz CT molecular complexity index is 992. The number of azo groups is 1. The highest BCUT2D eigenvalue weighted by Gasteiger charge is 2.27. The van der Waals surface area contributed by atoms with E-state index < -0.39 is 0 Å². The molecule has 0 radical (unpaired) electrons. The zero-order valence-corrected chi connectivity index (χ0v) is 15.6. The van der Waals surface area contributed by atoms with Crippen LogP contribution in [0.2, 0.25) is 5.02 Å². The highest BCUT2D eigenvalue weighted by molar-refractivity contribution is 8.00. The predicted octanol–water partition coefficient (Wildman–Crippen LogP) is 6.32. The SMILES string of the molecule is Cc1ccc2c(c1)c(N=Nc1cccc(Cl)c1C)c(O)n2C1CSC1. The van der Waals surface area contributed by atoms with E-state index in [4.69, 9.17) is 11.6 Å². The van der Waals surface area contributed by atoms with Gasteiger partial charge in [-0.25, -0.2) is 0 Å². The molecular weight excluding hydrogens is 354 g/mol. The van der Waals surface area contributed by atoms with E-state index in [-0.39, 0.29) is 5.88 Å². The molecule has 0 atom stereocenters. The fourth-order valence-corrected chi connectivity index (χ4v) is 3.96. The third kappa shape index (κ3) is 2.81. The Balaban J connectivity index is 1.86. The maximum absolute atomic E-state index is 10.8. The first-order valence-corrected chi connectivity index (χ1v) is 9.67. The van der Waals surface area contributed by atoms with E-state index >= 15 is 0 Å². The van der Waals surface area contributed by atoms with Gasteiger partial charge in [0.2, 0.25) is 5.88 Å². The van der Waals surface area contributed by atoms with E-state index in [1.165, 1.54) is 0 Å². The Hall–Kier alpha value is -1.98. The van der Waals surface area contributed by atoms with Crippen LogP contribution < -0.4 is 0 Å². The van der Waals surface area contributed by atoms with Crippen molar-refractivity contribution < 1.29 is 5.11 Å². The second-order valence-electron chi connectivity index (χ2n) is 6.34. The molecule has 1 N–H and O–H groups in total. The molecule has 0 saturated carbocycles. The number of aromatic hydroxyl groups is 1. The number of benzene rings is 2. The Morgan fingerprint density at radius 3 is 2.68 bits per heavy atom. The Kier molecular flexibility index (Phi) is 4.21. The van der Waals surface area contributed by atoms with Gasteiger partial charge in [-0.2, -0.15) is 16.9 Å². The van der Waals surface area contributed by atoms with E-state index in [0.717, 1.165) is 33.5 Å². The van der Waals surface area contributed by atoms with Crippen molar-refractivity contribution in [3.8, 4) is 5.88 Å². The number of hydrogen-bond acceptors (Lipinski definition) is 4. The van der Waals surface area contributed by atoms with Gasteiger partial charge in [0.1, 0.15) is 0 Å². The molecule has 4 nitrogen and oxygen atoms in total. The third-order valence-electron chi connectivity index (χ3n) is 4.59. The minimum Gasteiger partial charge on any atom is -0.493 e. The molecule has 1 saturated heterocycles. The van der Waals surface area contributed by atoms with Gasteiger partial charge in [0.15, 0.2) is 5.69 Å². The van der Waals surface area contributed by atoms with Crippen LogP contribution in [0.25, 0.3) is 10.9 Å². The Morgan fingerprint density at radius 2 is 1.96 bits per heavy atom. The minimum atomic E-state index is 0.189. The Labute approximate surface area is 155 Å². The van der Waals surface area contributed by atoms with Crippen molar-refractivity contribution in [2.45, 2.75) is 19.9 Å². The van der Waals surface area contributed by atoms with Crippen LogP contribution in [0, 0.1) is 13.8 Å². The summed E-state index contributed by atoms with van der Waals surface area (Å²) >= 11 is 8.04. The molecule has 0 unspecified atom stereocenters. The van der Waals surface area contributed by atoms with E-state index in [2.05, 4.69) is 28.4 Å². The number of thioether (sulfide) groups is 1. The number of aryl methyl sites for hydroxylation is 1. The normalized spacial score (nSPS) is 15.2. The fourth-order valence-electron chi connectivity index (χ4n) is 3.05. The quantitative estimate of drug-likeness (QED) is 0.547. The second-order valence-corrected chi connectivity index (χ2v) is 7.82. The van der Waals surface area contributed by atoms with Gasteiger partial charge in [-0.3, -0.25) is 0 Å². The lowest BCUT2D eigenvalue weighted by atomic mass is 10.1. The first-order valence-electron chi connectivity index (χ1n) is 8.14. The van der Waals surface area contributed by atoms with Crippen LogP contribution in [-0.2, 0) is 0 Å². The molecule has 25 heavy (non-hydrogen) atoms. The predicted molar refractivity (Wildman–Crippen MR) is 105 cm³/mol. The lowest BCUT2D eigenvalue weighted by Gasteiger charge is -2.27. The second kappa shape index (κ2) is 6.39. The maximum Gasteiger partial charge on any atom is 0.221 e. The molecule has 3 aromatic rings. The van der Waals surface area contributed by atoms with Gasteiger partial charge in [-0.15, -0.1) is 5.11 Å². The summed E-state index contributed by atoms with van der Waals surface area (Å²) in [6.07, 6.45) is 0. The summed E-state index contributed by atoms with van der Waals surface area (Å²) in [6, 6.07) is 12.0. The van der Waals surface area contributed by atoms with E-state index in [1.807, 2.05) is 48.4 Å². The van der Waals surface area contributed by atoms with Crippen molar-refractivity contribution >= 4 is 45.6 Å². The third-order valence-corrected chi connectivity index (χ3v) is 6.24. The van der Waals surface area contributed by atoms with Crippen LogP contribution in [0.5, 0.6) is 5.88 Å². The number of halogens is 1. The average molecular weight is 372 g/mol. The van der Waals surface area contributed by atoms with Gasteiger partial charge in [-0.1, -0.05) is 29.3 Å². The van der Waals surface area contributed by atoms with Crippen LogP contribution >= 0.6 is 23.4 Å². The standard InChI is InChI=1S/C19H18ClN3OS/c1-11-6-7-17-14(8-11)18(19(24)23(17)13-9-25-10-13)22-21-16-5-3-4-15(20)12(16)2/h3-8,13,24H,9-10H2,1-2H3. The molecule has 6 heteroatoms. The first kappa shape index (κ1) is 16.5. The fraction of sp³-hybridized carbons (Fsp3) is 0.263. The summed E-state index contributed by atoms with van der Waals surface area (Å²) in [5.74, 6) is 2.21. The summed E-state index contributed by atoms with van der Waals surface area (Å²) in [4.78, 5) is 0. The van der Waals surface area contributed by atoms with Crippen LogP contribution in [-0.4, -0.2) is 21.2 Å². The van der Waals surface area contributed by atoms with Crippen molar-refractivity contribution in [2.24, 2.45) is 10.2 Å². The molecule has 128 valence electrons. The minimum absolute atomic E-state index is 0.189. The monoisotopic (exact) mass is 371 g/mol. The number of nitrogens with zero attached hydrogens (tertiary/aromatic N) is 3. The zero-order valence-electron chi connectivity index (χ0n) is 14.0. The molecule has 0 bridgehead atoms. The van der Waals surface area contributed by atoms with Gasteiger partial charge in [-0.05, 0) is 43.7 Å². The molecule has 1 aromatic heterocycles. The van der Waals surface area contributed by atoms with Crippen molar-refractivity contribution in [1.29, 1.82) is 0 Å². The van der Waals surface area contributed by atoms with Crippen LogP contribution in [0.1, 0.15) is 17.2 Å². The van der Waals surface area contributed by atoms with E-state index in [1.54, 1.807) is 0 Å². The molecule has 0 amide bonds. The van der Waals surface area contributed by atoms with Crippen LogP contribution in [0.3, 0.4) is 0 Å². The molecular formula is C19H18ClN3OS. The molecule has 1 fully saturated rings. The Morgan fingerprint density at radius 1 is 1.16 bits per heavy atom. The number of fused-ring (bicyclic) bond motifs is 1. The van der Waals surface area contributed by atoms with Gasteiger partial charge in [0.25, 0.3) is 0 Å². The highest BCUT2D eigenvalue weighted by atomic mass is 35.5. The average Bonchev–Trinajstić information content (AvgIpc) is 2.80. The lowest BCUT2D eigenvalue weighted by molar-refractivity contribution is 0.406. The zero-order chi connectivity index (χ0) is 17.6. The van der Waals surface area contributed by atoms with Crippen molar-refractivity contribution in [1.82, 2.24) is 4.57 Å². The number of hydrogen-bond donors (Lipinski definition) is 1. The molecule has 0 spiro atoms. The first-order chi connectivity index (χ1) is 12.1. The molecule has 2 aromatic carbocycles. The summed E-state index contributed by atoms with van der Waals surface area (Å²) in [7, 11) is 0. The maximum atomic E-state index is 10.8. The van der Waals surface area contributed by atoms with Gasteiger partial charge in [0, 0.05) is 21.9 Å². The summed E-state index contributed by atoms with van der Waals surface area (Å²) in [5, 5.41) is 21.2. The van der Waals surface area contributed by atoms with Crippen LogP contribution in [0.15, 0.2) is 46.6 Å². The van der Waals surface area contributed by atoms with E-state index in [0.29, 0.717) is 22.4 Å². The van der Waals surface area contributed by atoms with Crippen LogP contribution in [0.4, 0.5) is 11.4 Å². The summed E-state index contributed by atoms with van der Waals surface area (Å²) < 4.78 is 1.99. The van der Waals surface area contributed by atoms with Crippen molar-refractivity contribution in [3.05, 3.63) is 52.5 Å². The summed E-state index contributed by atoms with van der Waals surface area (Å²) in [6.45, 7) is 3.95.